The predicted molar refractivity (Wildman–Crippen MR) is 90.0 cm³/mol. The van der Waals surface area contributed by atoms with Crippen LogP contribution in [-0.4, -0.2) is 17.2 Å². The van der Waals surface area contributed by atoms with Crippen LogP contribution in [0.3, 0.4) is 0 Å². The second-order valence-electron chi connectivity index (χ2n) is 8.00. The number of Topliss-reactive ketones (excluding diaryl/α,β-unsaturated/α-hetero) is 2. The molecule has 0 N–H and O–H groups in total. The minimum Gasteiger partial charge on any atom is -0.474 e. The van der Waals surface area contributed by atoms with Crippen molar-refractivity contribution in [3.05, 3.63) is 53.1 Å². The maximum atomic E-state index is 13.0. The lowest BCUT2D eigenvalue weighted by Crippen LogP contribution is -2.63. The monoisotopic (exact) mass is 320 g/mol. The Morgan fingerprint density at radius 1 is 1.00 bits per heavy atom. The highest BCUT2D eigenvalue weighted by atomic mass is 16.5. The third kappa shape index (κ3) is 1.36. The molecular formula is C21H20O3. The average molecular weight is 320 g/mol. The van der Waals surface area contributed by atoms with E-state index in [2.05, 4.69) is 26.0 Å². The molecule has 0 aromatic heterocycles. The van der Waals surface area contributed by atoms with Crippen molar-refractivity contribution in [2.45, 2.75) is 45.1 Å². The zero-order valence-electron chi connectivity index (χ0n) is 14.0. The van der Waals surface area contributed by atoms with Gasteiger partial charge in [0.05, 0.1) is 11.0 Å². The van der Waals surface area contributed by atoms with Crippen molar-refractivity contribution < 1.29 is 14.3 Å². The summed E-state index contributed by atoms with van der Waals surface area (Å²) in [7, 11) is 0. The van der Waals surface area contributed by atoms with Gasteiger partial charge in [0.15, 0.2) is 5.60 Å². The van der Waals surface area contributed by atoms with Crippen LogP contribution >= 0.6 is 0 Å². The molecule has 1 fully saturated rings. The molecule has 5 rings (SSSR count). The van der Waals surface area contributed by atoms with Crippen molar-refractivity contribution in [1.82, 2.24) is 0 Å². The van der Waals surface area contributed by atoms with Crippen molar-refractivity contribution in [3.63, 3.8) is 0 Å². The summed E-state index contributed by atoms with van der Waals surface area (Å²) in [4.78, 5) is 25.6. The molecule has 1 aliphatic heterocycles. The molecule has 1 aromatic rings. The Kier molecular flexibility index (Phi) is 2.41. The van der Waals surface area contributed by atoms with Crippen LogP contribution in [0.4, 0.5) is 0 Å². The fourth-order valence-corrected chi connectivity index (χ4v) is 5.51. The fraction of sp³-hybridized carbons (Fsp3) is 0.429. The van der Waals surface area contributed by atoms with E-state index in [1.54, 1.807) is 0 Å². The lowest BCUT2D eigenvalue weighted by Gasteiger charge is -2.60. The lowest BCUT2D eigenvalue weighted by molar-refractivity contribution is -0.128. The van der Waals surface area contributed by atoms with Crippen LogP contribution in [-0.2, 0) is 4.79 Å². The largest absolute Gasteiger partial charge is 0.474 e. The molecule has 3 nitrogen and oxygen atoms in total. The van der Waals surface area contributed by atoms with Crippen LogP contribution < -0.4 is 4.74 Å². The molecule has 24 heavy (non-hydrogen) atoms. The van der Waals surface area contributed by atoms with Gasteiger partial charge in [-0.15, -0.1) is 0 Å². The topological polar surface area (TPSA) is 43.4 Å². The molecule has 1 aromatic carbocycles. The van der Waals surface area contributed by atoms with E-state index in [4.69, 9.17) is 4.74 Å². The third-order valence-electron chi connectivity index (χ3n) is 6.65. The van der Waals surface area contributed by atoms with Gasteiger partial charge in [-0.05, 0) is 37.5 Å². The number of hydrogen-bond acceptors (Lipinski definition) is 3. The lowest BCUT2D eigenvalue weighted by atomic mass is 9.43. The van der Waals surface area contributed by atoms with E-state index in [0.29, 0.717) is 36.4 Å². The Hall–Kier alpha value is -2.16. The first-order chi connectivity index (χ1) is 11.4. The van der Waals surface area contributed by atoms with Gasteiger partial charge in [0.2, 0.25) is 5.78 Å². The Morgan fingerprint density at radius 3 is 2.58 bits per heavy atom. The van der Waals surface area contributed by atoms with Crippen molar-refractivity contribution in [2.75, 3.05) is 0 Å². The summed E-state index contributed by atoms with van der Waals surface area (Å²) < 4.78 is 6.19. The molecule has 3 heteroatoms. The van der Waals surface area contributed by atoms with Crippen LogP contribution in [0.2, 0.25) is 0 Å². The highest BCUT2D eigenvalue weighted by Crippen LogP contribution is 2.68. The number of carbonyl (C=O) groups is 2. The van der Waals surface area contributed by atoms with E-state index in [-0.39, 0.29) is 11.2 Å². The van der Waals surface area contributed by atoms with E-state index in [9.17, 15) is 9.59 Å². The van der Waals surface area contributed by atoms with Crippen LogP contribution in [0.1, 0.15) is 49.9 Å². The van der Waals surface area contributed by atoms with Gasteiger partial charge in [-0.25, -0.2) is 0 Å². The molecule has 0 amide bonds. The standard InChI is InChI=1S/C21H20O3/c1-19-11-10-16-20(2,15(19)8-5-9-17(19)22)12-21(16)18(23)13-6-3-4-7-14(13)24-21/h3-4,6-8,10H,5,9,11-12H2,1-2H3/t19-,20+,21+/m0/s1. The Labute approximate surface area is 141 Å². The first-order valence-electron chi connectivity index (χ1n) is 8.70. The SMILES string of the molecule is C[C@]12CC=C3[C@](C)(C[C@@]34Oc3ccccc3C4=O)C1=CCCC2=O. The first-order valence-corrected chi connectivity index (χ1v) is 8.70. The van der Waals surface area contributed by atoms with Gasteiger partial charge in [0.25, 0.3) is 0 Å². The second-order valence-corrected chi connectivity index (χ2v) is 8.00. The van der Waals surface area contributed by atoms with Crippen LogP contribution in [0, 0.1) is 10.8 Å². The van der Waals surface area contributed by atoms with Crippen LogP contribution in [0.15, 0.2) is 47.6 Å². The van der Waals surface area contributed by atoms with E-state index < -0.39 is 11.0 Å². The quantitative estimate of drug-likeness (QED) is 0.678. The smallest absolute Gasteiger partial charge is 0.214 e. The molecule has 0 radical (unpaired) electrons. The Balaban J connectivity index is 1.63. The molecule has 3 atom stereocenters. The van der Waals surface area contributed by atoms with Crippen molar-refractivity contribution in [1.29, 1.82) is 0 Å². The molecule has 122 valence electrons. The van der Waals surface area contributed by atoms with Crippen LogP contribution in [0.25, 0.3) is 0 Å². The number of ketones is 2. The second kappa shape index (κ2) is 4.08. The fourth-order valence-electron chi connectivity index (χ4n) is 5.51. The minimum absolute atomic E-state index is 0.0770. The third-order valence-corrected chi connectivity index (χ3v) is 6.65. The molecule has 0 saturated heterocycles. The van der Waals surface area contributed by atoms with E-state index in [1.807, 2.05) is 24.3 Å². The number of fused-ring (bicyclic) bond motifs is 5. The summed E-state index contributed by atoms with van der Waals surface area (Å²) in [6.45, 7) is 4.24. The maximum Gasteiger partial charge on any atom is 0.214 e. The van der Waals surface area contributed by atoms with Gasteiger partial charge in [0.1, 0.15) is 11.5 Å². The van der Waals surface area contributed by atoms with Gasteiger partial charge in [0, 0.05) is 18.3 Å². The molecule has 4 aliphatic rings. The normalized spacial score (nSPS) is 39.2. The number of benzene rings is 1. The van der Waals surface area contributed by atoms with E-state index in [0.717, 1.165) is 12.0 Å². The van der Waals surface area contributed by atoms with Crippen molar-refractivity contribution in [3.8, 4) is 5.75 Å². The number of carbonyl (C=O) groups excluding carboxylic acids is 2. The number of ether oxygens (including phenoxy) is 1. The molecular weight excluding hydrogens is 300 g/mol. The molecule has 3 aliphatic carbocycles. The van der Waals surface area contributed by atoms with Gasteiger partial charge in [-0.2, -0.15) is 0 Å². The predicted octanol–water partition coefficient (Wildman–Crippen LogP) is 4.04. The first kappa shape index (κ1) is 14.2. The van der Waals surface area contributed by atoms with Gasteiger partial charge >= 0.3 is 0 Å². The van der Waals surface area contributed by atoms with Gasteiger partial charge in [-0.1, -0.05) is 36.8 Å². The Morgan fingerprint density at radius 2 is 1.79 bits per heavy atom. The number of para-hydroxylation sites is 1. The summed E-state index contributed by atoms with van der Waals surface area (Å²) in [5.41, 5.74) is 1.51. The van der Waals surface area contributed by atoms with Crippen molar-refractivity contribution in [2.24, 2.45) is 10.8 Å². The van der Waals surface area contributed by atoms with Crippen molar-refractivity contribution >= 4 is 11.6 Å². The van der Waals surface area contributed by atoms with Crippen LogP contribution in [0.5, 0.6) is 5.75 Å². The maximum absolute atomic E-state index is 13.0. The number of hydrogen-bond donors (Lipinski definition) is 0. The van der Waals surface area contributed by atoms with Gasteiger partial charge in [-0.3, -0.25) is 9.59 Å². The molecule has 0 unspecified atom stereocenters. The van der Waals surface area contributed by atoms with E-state index in [1.165, 1.54) is 5.57 Å². The summed E-state index contributed by atoms with van der Waals surface area (Å²) in [5, 5.41) is 0. The highest BCUT2D eigenvalue weighted by Gasteiger charge is 2.70. The summed E-state index contributed by atoms with van der Waals surface area (Å²) in [6.07, 6.45) is 7.12. The molecule has 1 saturated carbocycles. The summed E-state index contributed by atoms with van der Waals surface area (Å²) in [6, 6.07) is 7.50. The number of allylic oxidation sites excluding steroid dienone is 3. The molecule has 0 bridgehead atoms. The zero-order chi connectivity index (χ0) is 16.7. The summed E-state index contributed by atoms with van der Waals surface area (Å²) >= 11 is 0. The van der Waals surface area contributed by atoms with E-state index >= 15 is 0 Å². The zero-order valence-corrected chi connectivity index (χ0v) is 14.0. The molecule has 1 heterocycles. The van der Waals surface area contributed by atoms with Gasteiger partial charge < -0.3 is 4.74 Å². The minimum atomic E-state index is -0.832. The number of rotatable bonds is 0. The molecule has 1 spiro atoms. The highest BCUT2D eigenvalue weighted by molar-refractivity contribution is 6.11. The average Bonchev–Trinajstić information content (AvgIpc) is 2.84. The Bertz CT molecular complexity index is 877. The summed E-state index contributed by atoms with van der Waals surface area (Å²) in [5.74, 6) is 1.10.